The zero-order valence-electron chi connectivity index (χ0n) is 34.1. The summed E-state index contributed by atoms with van der Waals surface area (Å²) < 4.78 is 43.6. The van der Waals surface area contributed by atoms with E-state index >= 15 is 8.78 Å². The number of methoxy groups -OCH3 is 1. The largest absolute Gasteiger partial charge is 0.453 e. The molecule has 3 aromatic carbocycles. The molecule has 9 rings (SSSR count). The first-order valence-electron chi connectivity index (χ1n) is 20.5. The molecule has 3 fully saturated rings. The average molecular weight is 806 g/mol. The van der Waals surface area contributed by atoms with Gasteiger partial charge in [0.1, 0.15) is 23.3 Å². The number of piperidine rings is 1. The molecule has 2 unspecified atom stereocenters. The number of likely N-dealkylation sites (tertiary alicyclic amines) is 2. The van der Waals surface area contributed by atoms with Crippen molar-refractivity contribution in [2.45, 2.75) is 102 Å². The molecule has 2 bridgehead atoms. The summed E-state index contributed by atoms with van der Waals surface area (Å²) in [6.45, 7) is 9.82. The Kier molecular flexibility index (Phi) is 9.31. The fraction of sp³-hybridized carbons (Fsp3) is 0.444. The fourth-order valence-corrected chi connectivity index (χ4v) is 9.68. The molecular formula is C45H49F2N7O5. The van der Waals surface area contributed by atoms with Crippen LogP contribution in [0, 0.1) is 11.8 Å². The normalized spacial score (nSPS) is 22.2. The van der Waals surface area contributed by atoms with Crippen LogP contribution in [0.25, 0.3) is 44.5 Å². The summed E-state index contributed by atoms with van der Waals surface area (Å²) in [5, 5.41) is 2.66. The van der Waals surface area contributed by atoms with Crippen LogP contribution in [-0.4, -0.2) is 79.2 Å². The van der Waals surface area contributed by atoms with Crippen molar-refractivity contribution >= 4 is 29.1 Å². The highest BCUT2D eigenvalue weighted by Gasteiger charge is 2.51. The number of alkyl halides is 2. The van der Waals surface area contributed by atoms with Crippen LogP contribution in [0.1, 0.15) is 102 Å². The smallest absolute Gasteiger partial charge is 0.411 e. The number of carbonyl (C=O) groups excluding carboxylic acids is 3. The van der Waals surface area contributed by atoms with Crippen LogP contribution in [0.15, 0.2) is 60.8 Å². The predicted molar refractivity (Wildman–Crippen MR) is 217 cm³/mol. The van der Waals surface area contributed by atoms with Crippen LogP contribution < -0.4 is 5.32 Å². The Balaban J connectivity index is 0.955. The van der Waals surface area contributed by atoms with Crippen molar-refractivity contribution in [3.05, 3.63) is 83.6 Å². The molecule has 4 heterocycles. The highest BCUT2D eigenvalue weighted by atomic mass is 19.3. The number of halogens is 2. The van der Waals surface area contributed by atoms with Gasteiger partial charge in [0.25, 0.3) is 5.92 Å². The van der Waals surface area contributed by atoms with E-state index in [1.807, 2.05) is 69.9 Å². The molecule has 2 aliphatic heterocycles. The maximum atomic E-state index is 16.5. The van der Waals surface area contributed by atoms with Gasteiger partial charge in [-0.3, -0.25) is 9.69 Å². The first-order chi connectivity index (χ1) is 28.1. The lowest BCUT2D eigenvalue weighted by Crippen LogP contribution is -2.51. The second kappa shape index (κ2) is 14.2. The quantitative estimate of drug-likeness (QED) is 0.149. The number of aromatic nitrogens is 4. The Morgan fingerprint density at radius 1 is 0.915 bits per heavy atom. The van der Waals surface area contributed by atoms with Crippen LogP contribution in [0.2, 0.25) is 0 Å². The number of ether oxygens (including phenoxy) is 2. The Morgan fingerprint density at radius 2 is 1.61 bits per heavy atom. The Hall–Kier alpha value is -5.79. The number of nitrogens with one attached hydrogen (secondary N) is 3. The molecule has 1 saturated carbocycles. The van der Waals surface area contributed by atoms with E-state index in [-0.39, 0.29) is 53.1 Å². The van der Waals surface area contributed by atoms with E-state index in [0.29, 0.717) is 52.6 Å². The molecule has 0 spiro atoms. The van der Waals surface area contributed by atoms with Crippen LogP contribution in [-0.2, 0) is 20.2 Å². The number of rotatable bonds is 7. The van der Waals surface area contributed by atoms with Crippen molar-refractivity contribution in [2.75, 3.05) is 13.7 Å². The fourth-order valence-electron chi connectivity index (χ4n) is 9.68. The number of alkyl carbamates (subject to hydrolysis) is 1. The number of hydrogen-bond donors (Lipinski definition) is 3. The lowest BCUT2D eigenvalue weighted by atomic mass is 9.98. The first kappa shape index (κ1) is 38.7. The third kappa shape index (κ3) is 6.70. The molecule has 2 aromatic heterocycles. The monoisotopic (exact) mass is 805 g/mol. The Labute approximate surface area is 341 Å². The molecule has 4 aliphatic rings. The molecule has 14 heteroatoms. The zero-order valence-corrected chi connectivity index (χ0v) is 34.1. The zero-order chi connectivity index (χ0) is 41.5. The van der Waals surface area contributed by atoms with Gasteiger partial charge in [-0.2, -0.15) is 8.78 Å². The van der Waals surface area contributed by atoms with Gasteiger partial charge in [0.2, 0.25) is 5.91 Å². The van der Waals surface area contributed by atoms with Gasteiger partial charge < -0.3 is 29.7 Å². The van der Waals surface area contributed by atoms with E-state index in [9.17, 15) is 14.4 Å². The van der Waals surface area contributed by atoms with Crippen molar-refractivity contribution in [1.29, 1.82) is 0 Å². The molecule has 2 saturated heterocycles. The van der Waals surface area contributed by atoms with E-state index in [2.05, 4.69) is 20.3 Å². The van der Waals surface area contributed by atoms with Gasteiger partial charge in [0, 0.05) is 29.3 Å². The van der Waals surface area contributed by atoms with Gasteiger partial charge in [-0.1, -0.05) is 44.2 Å². The van der Waals surface area contributed by atoms with E-state index in [4.69, 9.17) is 14.5 Å². The van der Waals surface area contributed by atoms with Crippen LogP contribution in [0.3, 0.4) is 0 Å². The van der Waals surface area contributed by atoms with Crippen molar-refractivity contribution in [1.82, 2.24) is 35.1 Å². The summed E-state index contributed by atoms with van der Waals surface area (Å²) in [7, 11) is 1.26. The number of aromatic amines is 2. The van der Waals surface area contributed by atoms with Gasteiger partial charge in [0.15, 0.2) is 0 Å². The highest BCUT2D eigenvalue weighted by Crippen LogP contribution is 2.53. The molecule has 3 amide bonds. The molecule has 0 radical (unpaired) electrons. The molecule has 5 atom stereocenters. The van der Waals surface area contributed by atoms with Gasteiger partial charge in [-0.15, -0.1) is 0 Å². The van der Waals surface area contributed by atoms with Crippen molar-refractivity contribution < 1.29 is 32.6 Å². The second-order valence-corrected chi connectivity index (χ2v) is 17.7. The van der Waals surface area contributed by atoms with E-state index in [1.165, 1.54) is 13.2 Å². The van der Waals surface area contributed by atoms with Crippen molar-refractivity contribution in [3.8, 4) is 33.5 Å². The Morgan fingerprint density at radius 3 is 2.32 bits per heavy atom. The third-order valence-electron chi connectivity index (χ3n) is 12.5. The number of benzene rings is 3. The van der Waals surface area contributed by atoms with Crippen LogP contribution in [0.4, 0.5) is 18.4 Å². The van der Waals surface area contributed by atoms with Gasteiger partial charge in [0.05, 0.1) is 42.1 Å². The standard InChI is InChI=1S/C45H49F2N7O5/c1-23(2)37(52-42(56)58-6)41(55)53-17-7-8-36(53)39-48-22-35(51-39)26-11-15-30-29-14-10-24(19-31(29)45(46,47)32(30)20-26)25-12-16-33-34(21-25)50-40(49-33)38-27-9-13-28(18-27)54(38)43(57)59-44(3,4)5/h10-12,14-16,19-23,27-28,36-38H,7-9,13,17-18H2,1-6H3,(H,48,51)(H,49,50)(H,52,56)/t27-,28+,36?,37?,38-/m0/s1. The minimum atomic E-state index is -3.26. The van der Waals surface area contributed by atoms with Crippen molar-refractivity contribution in [3.63, 3.8) is 0 Å². The summed E-state index contributed by atoms with van der Waals surface area (Å²) in [6, 6.07) is 14.8. The van der Waals surface area contributed by atoms with Gasteiger partial charge in [-0.25, -0.2) is 19.6 Å². The van der Waals surface area contributed by atoms with E-state index in [0.717, 1.165) is 42.3 Å². The second-order valence-electron chi connectivity index (χ2n) is 17.7. The van der Waals surface area contributed by atoms with E-state index in [1.54, 1.807) is 29.3 Å². The molecule has 5 aromatic rings. The van der Waals surface area contributed by atoms with Crippen molar-refractivity contribution in [2.24, 2.45) is 11.8 Å². The Bertz CT molecular complexity index is 2490. The molecule has 59 heavy (non-hydrogen) atoms. The summed E-state index contributed by atoms with van der Waals surface area (Å²) in [5.41, 5.74) is 4.25. The maximum absolute atomic E-state index is 16.5. The molecule has 12 nitrogen and oxygen atoms in total. The van der Waals surface area contributed by atoms with Crippen LogP contribution in [0.5, 0.6) is 0 Å². The number of hydrogen-bond acceptors (Lipinski definition) is 7. The SMILES string of the molecule is COC(=O)NC(C(=O)N1CCCC1c1ncc(-c2ccc3c(c2)C(F)(F)c2cc(-c4ccc5nc([C@@H]6[C@H]7CC[C@H](C7)N6C(=O)OC(C)(C)C)[nH]c5c4)ccc2-3)[nH]1)C(C)C. The van der Waals surface area contributed by atoms with E-state index < -0.39 is 23.7 Å². The summed E-state index contributed by atoms with van der Waals surface area (Å²) in [5.74, 6) is -2.09. The molecular weight excluding hydrogens is 757 g/mol. The number of amides is 3. The third-order valence-corrected chi connectivity index (χ3v) is 12.5. The summed E-state index contributed by atoms with van der Waals surface area (Å²) >= 11 is 0. The lowest BCUT2D eigenvalue weighted by molar-refractivity contribution is -0.135. The maximum Gasteiger partial charge on any atom is 0.411 e. The molecule has 308 valence electrons. The minimum Gasteiger partial charge on any atom is -0.453 e. The number of nitrogens with zero attached hydrogens (tertiary/aromatic N) is 4. The van der Waals surface area contributed by atoms with Gasteiger partial charge >= 0.3 is 12.2 Å². The molecule has 2 aliphatic carbocycles. The highest BCUT2D eigenvalue weighted by molar-refractivity contribution is 5.88. The summed E-state index contributed by atoms with van der Waals surface area (Å²) in [4.78, 5) is 58.8. The number of H-pyrrole nitrogens is 2. The predicted octanol–water partition coefficient (Wildman–Crippen LogP) is 9.25. The minimum absolute atomic E-state index is 0.0618. The number of carbonyl (C=O) groups is 3. The lowest BCUT2D eigenvalue weighted by Gasteiger charge is -2.35. The van der Waals surface area contributed by atoms with Gasteiger partial charge in [-0.05, 0) is 111 Å². The average Bonchev–Trinajstić information content (AvgIpc) is 4.06. The topological polar surface area (TPSA) is 146 Å². The summed E-state index contributed by atoms with van der Waals surface area (Å²) in [6.07, 6.45) is 4.93. The number of imidazole rings is 2. The number of fused-ring (bicyclic) bond motifs is 6. The molecule has 3 N–H and O–H groups in total. The first-order valence-corrected chi connectivity index (χ1v) is 20.5. The van der Waals surface area contributed by atoms with Crippen LogP contribution >= 0.6 is 0 Å².